The van der Waals surface area contributed by atoms with Gasteiger partial charge in [0.2, 0.25) is 0 Å². The highest BCUT2D eigenvalue weighted by Crippen LogP contribution is 2.34. The van der Waals surface area contributed by atoms with Crippen LogP contribution in [0.15, 0.2) is 41.3 Å². The summed E-state index contributed by atoms with van der Waals surface area (Å²) in [6.07, 6.45) is 0. The van der Waals surface area contributed by atoms with Gasteiger partial charge in [0.1, 0.15) is 5.75 Å². The lowest BCUT2D eigenvalue weighted by atomic mass is 9.99. The predicted molar refractivity (Wildman–Crippen MR) is 91.6 cm³/mol. The Morgan fingerprint density at radius 1 is 1.24 bits per heavy atom. The van der Waals surface area contributed by atoms with Crippen LogP contribution in [-0.4, -0.2) is 12.9 Å². The molecule has 112 valence electrons. The maximum atomic E-state index is 6.38. The van der Waals surface area contributed by atoms with E-state index in [1.165, 1.54) is 11.1 Å². The molecule has 0 radical (unpaired) electrons. The third-order valence-corrected chi connectivity index (χ3v) is 4.97. The van der Waals surface area contributed by atoms with E-state index >= 15 is 0 Å². The maximum Gasteiger partial charge on any atom is 0.124 e. The van der Waals surface area contributed by atoms with Gasteiger partial charge in [0, 0.05) is 22.3 Å². The molecule has 0 spiro atoms. The molecule has 1 unspecified atom stereocenters. The highest BCUT2D eigenvalue weighted by molar-refractivity contribution is 7.99. The minimum Gasteiger partial charge on any atom is -0.496 e. The minimum absolute atomic E-state index is 0.0955. The molecule has 4 heteroatoms. The van der Waals surface area contributed by atoms with E-state index in [2.05, 4.69) is 19.9 Å². The number of benzene rings is 2. The average Bonchev–Trinajstić information content (AvgIpc) is 2.45. The molecule has 2 aromatic carbocycles. The Labute approximate surface area is 135 Å². The summed E-state index contributed by atoms with van der Waals surface area (Å²) in [6, 6.07) is 11.9. The van der Waals surface area contributed by atoms with Crippen LogP contribution in [0.25, 0.3) is 0 Å². The Balaban J connectivity index is 2.17. The molecule has 2 aromatic rings. The molecule has 0 aromatic heterocycles. The van der Waals surface area contributed by atoms with Crippen molar-refractivity contribution < 1.29 is 4.74 Å². The van der Waals surface area contributed by atoms with E-state index in [4.69, 9.17) is 22.1 Å². The first-order valence-corrected chi connectivity index (χ1v) is 8.17. The van der Waals surface area contributed by atoms with Crippen molar-refractivity contribution in [2.75, 3.05) is 12.9 Å². The fraction of sp³-hybridized carbons (Fsp3) is 0.294. The summed E-state index contributed by atoms with van der Waals surface area (Å²) in [7, 11) is 1.69. The first kappa shape index (κ1) is 16.2. The zero-order chi connectivity index (χ0) is 15.4. The summed E-state index contributed by atoms with van der Waals surface area (Å²) in [5.41, 5.74) is 9.79. The summed E-state index contributed by atoms with van der Waals surface area (Å²) in [5.74, 6) is 1.61. The van der Waals surface area contributed by atoms with Crippen molar-refractivity contribution in [2.45, 2.75) is 24.8 Å². The highest BCUT2D eigenvalue weighted by Gasteiger charge is 2.16. The molecule has 2 nitrogen and oxygen atoms in total. The fourth-order valence-electron chi connectivity index (χ4n) is 2.41. The van der Waals surface area contributed by atoms with Crippen molar-refractivity contribution in [2.24, 2.45) is 5.73 Å². The van der Waals surface area contributed by atoms with Gasteiger partial charge in [-0.3, -0.25) is 0 Å². The number of hydrogen-bond donors (Lipinski definition) is 1. The number of hydrogen-bond acceptors (Lipinski definition) is 3. The third kappa shape index (κ3) is 3.94. The topological polar surface area (TPSA) is 35.2 Å². The largest absolute Gasteiger partial charge is 0.496 e. The van der Waals surface area contributed by atoms with Crippen LogP contribution in [0.1, 0.15) is 22.7 Å². The van der Waals surface area contributed by atoms with Crippen LogP contribution in [0.3, 0.4) is 0 Å². The Kier molecular flexibility index (Phi) is 5.57. The van der Waals surface area contributed by atoms with E-state index in [1.54, 1.807) is 18.9 Å². The van der Waals surface area contributed by atoms with Crippen LogP contribution in [0.2, 0.25) is 5.02 Å². The van der Waals surface area contributed by atoms with E-state index in [1.807, 2.05) is 30.3 Å². The molecule has 0 saturated carbocycles. The maximum absolute atomic E-state index is 6.38. The van der Waals surface area contributed by atoms with E-state index in [9.17, 15) is 0 Å². The monoisotopic (exact) mass is 321 g/mol. The van der Waals surface area contributed by atoms with Crippen molar-refractivity contribution in [3.05, 3.63) is 58.1 Å². The molecule has 0 amide bonds. The SMILES string of the molecule is COc1cc(C)cc(C)c1C(N)CSc1ccccc1Cl. The summed E-state index contributed by atoms with van der Waals surface area (Å²) < 4.78 is 5.49. The molecule has 2 N–H and O–H groups in total. The summed E-state index contributed by atoms with van der Waals surface area (Å²) in [6.45, 7) is 4.13. The summed E-state index contributed by atoms with van der Waals surface area (Å²) in [4.78, 5) is 1.05. The second kappa shape index (κ2) is 7.21. The van der Waals surface area contributed by atoms with Gasteiger partial charge < -0.3 is 10.5 Å². The molecule has 0 aliphatic carbocycles. The summed E-state index contributed by atoms with van der Waals surface area (Å²) >= 11 is 7.85. The van der Waals surface area contributed by atoms with Gasteiger partial charge in [0.15, 0.2) is 0 Å². The first-order valence-electron chi connectivity index (χ1n) is 6.81. The van der Waals surface area contributed by atoms with Gasteiger partial charge in [-0.15, -0.1) is 11.8 Å². The van der Waals surface area contributed by atoms with Crippen molar-refractivity contribution in [1.29, 1.82) is 0 Å². The lowest BCUT2D eigenvalue weighted by Gasteiger charge is -2.19. The quantitative estimate of drug-likeness (QED) is 0.806. The van der Waals surface area contributed by atoms with Crippen LogP contribution in [0.4, 0.5) is 0 Å². The first-order chi connectivity index (χ1) is 10.0. The minimum atomic E-state index is -0.0955. The zero-order valence-electron chi connectivity index (χ0n) is 12.5. The molecule has 0 heterocycles. The standard InChI is InChI=1S/C17H20ClNOS/c1-11-8-12(2)17(15(9-11)20-3)14(19)10-21-16-7-5-4-6-13(16)18/h4-9,14H,10,19H2,1-3H3. The van der Waals surface area contributed by atoms with E-state index < -0.39 is 0 Å². The molecule has 0 aliphatic heterocycles. The number of nitrogens with two attached hydrogens (primary N) is 1. The van der Waals surface area contributed by atoms with Crippen LogP contribution in [0.5, 0.6) is 5.75 Å². The number of methoxy groups -OCH3 is 1. The Bertz CT molecular complexity index is 630. The molecule has 0 bridgehead atoms. The van der Waals surface area contributed by atoms with Gasteiger partial charge >= 0.3 is 0 Å². The number of aryl methyl sites for hydroxylation is 2. The van der Waals surface area contributed by atoms with Crippen LogP contribution in [0, 0.1) is 13.8 Å². The molecule has 0 fully saturated rings. The average molecular weight is 322 g/mol. The molecule has 1 atom stereocenters. The third-order valence-electron chi connectivity index (χ3n) is 3.34. The predicted octanol–water partition coefficient (Wildman–Crippen LogP) is 4.76. The fourth-order valence-corrected chi connectivity index (χ4v) is 3.61. The van der Waals surface area contributed by atoms with Crippen molar-refractivity contribution in [3.8, 4) is 5.75 Å². The van der Waals surface area contributed by atoms with Crippen LogP contribution in [-0.2, 0) is 0 Å². The molecule has 0 saturated heterocycles. The van der Waals surface area contributed by atoms with Crippen molar-refractivity contribution >= 4 is 23.4 Å². The molecular weight excluding hydrogens is 302 g/mol. The number of ether oxygens (including phenoxy) is 1. The van der Waals surface area contributed by atoms with E-state index in [-0.39, 0.29) is 6.04 Å². The molecule has 0 aliphatic rings. The zero-order valence-corrected chi connectivity index (χ0v) is 14.1. The lowest BCUT2D eigenvalue weighted by molar-refractivity contribution is 0.406. The van der Waals surface area contributed by atoms with Crippen LogP contribution >= 0.6 is 23.4 Å². The number of thioether (sulfide) groups is 1. The van der Waals surface area contributed by atoms with Crippen LogP contribution < -0.4 is 10.5 Å². The Morgan fingerprint density at radius 2 is 1.95 bits per heavy atom. The second-order valence-electron chi connectivity index (χ2n) is 5.05. The van der Waals surface area contributed by atoms with Gasteiger partial charge in [0.05, 0.1) is 12.1 Å². The molecule has 21 heavy (non-hydrogen) atoms. The lowest BCUT2D eigenvalue weighted by Crippen LogP contribution is -2.16. The van der Waals surface area contributed by atoms with Gasteiger partial charge in [-0.1, -0.05) is 29.8 Å². The van der Waals surface area contributed by atoms with Gasteiger partial charge in [-0.05, 0) is 43.2 Å². The van der Waals surface area contributed by atoms with Crippen molar-refractivity contribution in [3.63, 3.8) is 0 Å². The van der Waals surface area contributed by atoms with E-state index in [0.29, 0.717) is 0 Å². The van der Waals surface area contributed by atoms with Gasteiger partial charge in [0.25, 0.3) is 0 Å². The Hall–Kier alpha value is -1.16. The molecule has 2 rings (SSSR count). The normalized spacial score (nSPS) is 12.2. The summed E-state index contributed by atoms with van der Waals surface area (Å²) in [5, 5.41) is 0.766. The highest BCUT2D eigenvalue weighted by atomic mass is 35.5. The smallest absolute Gasteiger partial charge is 0.124 e. The molecular formula is C17H20ClNOS. The van der Waals surface area contributed by atoms with Gasteiger partial charge in [-0.2, -0.15) is 0 Å². The second-order valence-corrected chi connectivity index (χ2v) is 6.51. The number of rotatable bonds is 5. The van der Waals surface area contributed by atoms with Gasteiger partial charge in [-0.25, -0.2) is 0 Å². The van der Waals surface area contributed by atoms with Crippen molar-refractivity contribution in [1.82, 2.24) is 0 Å². The van der Waals surface area contributed by atoms with E-state index in [0.717, 1.165) is 27.0 Å². The number of halogens is 1. The Morgan fingerprint density at radius 3 is 2.62 bits per heavy atom.